The number of likely N-dealkylation sites (tertiary alicyclic amines) is 1. The van der Waals surface area contributed by atoms with E-state index < -0.39 is 5.41 Å². The first-order valence-electron chi connectivity index (χ1n) is 13.8. The molecule has 0 aliphatic carbocycles. The molecule has 1 atom stereocenters. The lowest BCUT2D eigenvalue weighted by atomic mass is 9.73. The third kappa shape index (κ3) is 6.24. The number of nitrogens with one attached hydrogen (secondary N) is 1. The van der Waals surface area contributed by atoms with Crippen molar-refractivity contribution in [2.24, 2.45) is 5.41 Å². The smallest absolute Gasteiger partial charge is 0.261 e. The van der Waals surface area contributed by atoms with Crippen molar-refractivity contribution in [1.29, 1.82) is 0 Å². The number of piperidine rings is 1. The molecule has 3 aromatic rings. The van der Waals surface area contributed by atoms with Gasteiger partial charge in [0.25, 0.3) is 11.8 Å². The quantitative estimate of drug-likeness (QED) is 0.533. The summed E-state index contributed by atoms with van der Waals surface area (Å²) >= 11 is 0. The lowest BCUT2D eigenvalue weighted by Crippen LogP contribution is -2.53. The monoisotopic (exact) mass is 532 g/mol. The predicted octanol–water partition coefficient (Wildman–Crippen LogP) is 4.34. The molecule has 9 nitrogen and oxygen atoms in total. The summed E-state index contributed by atoms with van der Waals surface area (Å²) in [5, 5.41) is 7.03. The molecule has 1 saturated heterocycles. The van der Waals surface area contributed by atoms with Crippen molar-refractivity contribution in [3.8, 4) is 23.0 Å². The Kier molecular flexibility index (Phi) is 8.14. The van der Waals surface area contributed by atoms with Crippen LogP contribution in [0.25, 0.3) is 11.5 Å². The molecule has 1 spiro atoms. The van der Waals surface area contributed by atoms with Crippen LogP contribution in [0.3, 0.4) is 0 Å². The normalized spacial score (nSPS) is 19.7. The van der Waals surface area contributed by atoms with Gasteiger partial charge in [0.1, 0.15) is 18.1 Å². The van der Waals surface area contributed by atoms with Gasteiger partial charge in [0.2, 0.25) is 5.91 Å². The molecule has 2 aliphatic heterocycles. The summed E-state index contributed by atoms with van der Waals surface area (Å²) in [4.78, 5) is 32.7. The molecule has 0 bridgehead atoms. The molecule has 5 rings (SSSR count). The SMILES string of the molecule is Cc1noc(-c2ccccc2OCC(=O)N2CCC3(CCCCc4ccccc4OC[C@H](C)NC3=O)CC2)n1. The maximum absolute atomic E-state index is 13.5. The van der Waals surface area contributed by atoms with E-state index in [9.17, 15) is 9.59 Å². The van der Waals surface area contributed by atoms with Gasteiger partial charge in [-0.05, 0) is 69.7 Å². The van der Waals surface area contributed by atoms with Crippen LogP contribution in [-0.4, -0.2) is 59.2 Å². The topological polar surface area (TPSA) is 107 Å². The number of ether oxygens (including phenoxy) is 2. The maximum Gasteiger partial charge on any atom is 0.261 e. The second-order valence-corrected chi connectivity index (χ2v) is 10.6. The molecular weight excluding hydrogens is 496 g/mol. The number of carbonyl (C=O) groups is 2. The lowest BCUT2D eigenvalue weighted by molar-refractivity contribution is -0.142. The second-order valence-electron chi connectivity index (χ2n) is 10.6. The maximum atomic E-state index is 13.5. The van der Waals surface area contributed by atoms with Crippen molar-refractivity contribution in [3.63, 3.8) is 0 Å². The van der Waals surface area contributed by atoms with E-state index in [0.29, 0.717) is 55.6 Å². The minimum atomic E-state index is -0.479. The highest BCUT2D eigenvalue weighted by atomic mass is 16.5. The minimum absolute atomic E-state index is 0.0691. The molecule has 3 heterocycles. The van der Waals surface area contributed by atoms with Gasteiger partial charge in [-0.1, -0.05) is 41.9 Å². The summed E-state index contributed by atoms with van der Waals surface area (Å²) in [7, 11) is 0. The number of fused-ring (bicyclic) bond motifs is 1. The minimum Gasteiger partial charge on any atom is -0.491 e. The number of hydrogen-bond donors (Lipinski definition) is 1. The first-order chi connectivity index (χ1) is 18.9. The lowest BCUT2D eigenvalue weighted by Gasteiger charge is -2.41. The van der Waals surface area contributed by atoms with Crippen LogP contribution >= 0.6 is 0 Å². The zero-order valence-electron chi connectivity index (χ0n) is 22.7. The second kappa shape index (κ2) is 11.9. The number of para-hydroxylation sites is 2. The number of amides is 2. The van der Waals surface area contributed by atoms with Gasteiger partial charge in [0.15, 0.2) is 12.4 Å². The molecule has 0 unspecified atom stereocenters. The molecule has 1 fully saturated rings. The van der Waals surface area contributed by atoms with Crippen molar-refractivity contribution < 1.29 is 23.6 Å². The average Bonchev–Trinajstić information content (AvgIpc) is 3.39. The van der Waals surface area contributed by atoms with Crippen molar-refractivity contribution in [2.45, 2.75) is 58.4 Å². The van der Waals surface area contributed by atoms with Crippen LogP contribution in [0.1, 0.15) is 50.4 Å². The van der Waals surface area contributed by atoms with Crippen molar-refractivity contribution >= 4 is 11.8 Å². The summed E-state index contributed by atoms with van der Waals surface area (Å²) in [5.41, 5.74) is 1.38. The summed E-state index contributed by atoms with van der Waals surface area (Å²) in [6.07, 6.45) is 4.93. The molecule has 2 aromatic carbocycles. The summed E-state index contributed by atoms with van der Waals surface area (Å²) < 4.78 is 17.2. The molecule has 9 heteroatoms. The Bertz CT molecular complexity index is 1300. The number of benzene rings is 2. The fraction of sp³-hybridized carbons (Fsp3) is 0.467. The van der Waals surface area contributed by atoms with Gasteiger partial charge in [0, 0.05) is 13.1 Å². The molecule has 2 amide bonds. The van der Waals surface area contributed by atoms with Gasteiger partial charge in [-0.3, -0.25) is 9.59 Å². The van der Waals surface area contributed by atoms with Gasteiger partial charge in [0.05, 0.1) is 17.0 Å². The van der Waals surface area contributed by atoms with Crippen LogP contribution in [0.4, 0.5) is 0 Å². The van der Waals surface area contributed by atoms with E-state index >= 15 is 0 Å². The molecule has 1 aromatic heterocycles. The van der Waals surface area contributed by atoms with Gasteiger partial charge in [-0.2, -0.15) is 4.98 Å². The molecule has 0 saturated carbocycles. The zero-order chi connectivity index (χ0) is 27.2. The highest BCUT2D eigenvalue weighted by molar-refractivity contribution is 5.84. The fourth-order valence-corrected chi connectivity index (χ4v) is 5.44. The molecule has 39 heavy (non-hydrogen) atoms. The van der Waals surface area contributed by atoms with E-state index in [2.05, 4.69) is 21.5 Å². The largest absolute Gasteiger partial charge is 0.491 e. The van der Waals surface area contributed by atoms with Crippen LogP contribution in [0.2, 0.25) is 0 Å². The van der Waals surface area contributed by atoms with Gasteiger partial charge < -0.3 is 24.2 Å². The van der Waals surface area contributed by atoms with Crippen LogP contribution in [0.15, 0.2) is 53.1 Å². The van der Waals surface area contributed by atoms with Crippen molar-refractivity contribution in [1.82, 2.24) is 20.4 Å². The molecule has 1 N–H and O–H groups in total. The van der Waals surface area contributed by atoms with Crippen molar-refractivity contribution in [2.75, 3.05) is 26.3 Å². The Morgan fingerprint density at radius 2 is 1.87 bits per heavy atom. The van der Waals surface area contributed by atoms with Crippen LogP contribution < -0.4 is 14.8 Å². The van der Waals surface area contributed by atoms with Crippen LogP contribution in [0, 0.1) is 12.3 Å². The summed E-state index contributed by atoms with van der Waals surface area (Å²) in [6.45, 7) is 5.09. The number of rotatable bonds is 4. The first-order valence-corrected chi connectivity index (χ1v) is 13.8. The highest BCUT2D eigenvalue weighted by Crippen LogP contribution is 2.38. The standard InChI is InChI=1S/C30H36N4O5/c1-21-19-37-25-12-5-3-9-23(25)10-7-8-14-30(29(36)31-21)15-17-34(18-16-30)27(35)20-38-26-13-6-4-11-24(26)28-32-22(2)33-39-28/h3-6,9,11-13,21H,7-8,10,14-20H2,1-2H3,(H,31,36)/t21-/m0/s1. The molecular formula is C30H36N4O5. The van der Waals surface area contributed by atoms with E-state index in [1.54, 1.807) is 17.9 Å². The molecule has 0 radical (unpaired) electrons. The highest BCUT2D eigenvalue weighted by Gasteiger charge is 2.42. The van der Waals surface area contributed by atoms with E-state index in [-0.39, 0.29) is 24.5 Å². The van der Waals surface area contributed by atoms with Crippen LogP contribution in [0.5, 0.6) is 11.5 Å². The predicted molar refractivity (Wildman–Crippen MR) is 145 cm³/mol. The fourth-order valence-electron chi connectivity index (χ4n) is 5.44. The number of carbonyl (C=O) groups excluding carboxylic acids is 2. The summed E-state index contributed by atoms with van der Waals surface area (Å²) in [5.74, 6) is 2.26. The number of aryl methyl sites for hydroxylation is 2. The Labute approximate surface area is 228 Å². The Hall–Kier alpha value is -3.88. The Morgan fingerprint density at radius 3 is 2.67 bits per heavy atom. The van der Waals surface area contributed by atoms with E-state index in [4.69, 9.17) is 14.0 Å². The van der Waals surface area contributed by atoms with Gasteiger partial charge in [-0.15, -0.1) is 0 Å². The van der Waals surface area contributed by atoms with Gasteiger partial charge >= 0.3 is 0 Å². The van der Waals surface area contributed by atoms with Crippen LogP contribution in [-0.2, 0) is 16.0 Å². The molecule has 2 aliphatic rings. The Balaban J connectivity index is 1.20. The van der Waals surface area contributed by atoms with E-state index in [1.165, 1.54) is 5.56 Å². The van der Waals surface area contributed by atoms with Crippen molar-refractivity contribution in [3.05, 3.63) is 59.9 Å². The van der Waals surface area contributed by atoms with E-state index in [1.807, 2.05) is 43.3 Å². The number of nitrogens with zero attached hydrogens (tertiary/aromatic N) is 3. The third-order valence-corrected chi connectivity index (χ3v) is 7.74. The van der Waals surface area contributed by atoms with Gasteiger partial charge in [-0.25, -0.2) is 0 Å². The summed E-state index contributed by atoms with van der Waals surface area (Å²) in [6, 6.07) is 15.3. The average molecular weight is 533 g/mol. The molecule has 206 valence electrons. The third-order valence-electron chi connectivity index (χ3n) is 7.74. The van der Waals surface area contributed by atoms with E-state index in [0.717, 1.165) is 31.4 Å². The number of hydrogen-bond acceptors (Lipinski definition) is 7. The first kappa shape index (κ1) is 26.7. The Morgan fingerprint density at radius 1 is 1.10 bits per heavy atom. The number of aromatic nitrogens is 2. The zero-order valence-corrected chi connectivity index (χ0v) is 22.7.